The van der Waals surface area contributed by atoms with Gasteiger partial charge < -0.3 is 9.47 Å². The van der Waals surface area contributed by atoms with Gasteiger partial charge in [0, 0.05) is 10.0 Å². The highest BCUT2D eigenvalue weighted by atomic mass is 79.9. The molecule has 0 atom stereocenters. The van der Waals surface area contributed by atoms with Gasteiger partial charge in [0.2, 0.25) is 0 Å². The fraction of sp³-hybridized carbons (Fsp3) is 0.176. The van der Waals surface area contributed by atoms with Crippen molar-refractivity contribution in [2.45, 2.75) is 20.0 Å². The first-order valence-electron chi connectivity index (χ1n) is 6.73. The maximum Gasteiger partial charge on any atom is 0.347 e. The summed E-state index contributed by atoms with van der Waals surface area (Å²) >= 11 is 3.33. The summed E-state index contributed by atoms with van der Waals surface area (Å²) in [5, 5.41) is 0. The van der Waals surface area contributed by atoms with Crippen LogP contribution in [0.15, 0.2) is 46.9 Å². The number of ether oxygens (including phenoxy) is 2. The molecule has 0 aliphatic rings. The molecule has 0 radical (unpaired) electrons. The van der Waals surface area contributed by atoms with Crippen LogP contribution in [0.1, 0.15) is 34.6 Å². The lowest BCUT2D eigenvalue weighted by Gasteiger charge is -2.14. The molecule has 0 fully saturated rings. The maximum absolute atomic E-state index is 12.3. The van der Waals surface area contributed by atoms with Crippen molar-refractivity contribution in [3.63, 3.8) is 0 Å². The van der Waals surface area contributed by atoms with E-state index in [9.17, 15) is 9.59 Å². The smallest absolute Gasteiger partial charge is 0.347 e. The molecule has 0 aliphatic heterocycles. The summed E-state index contributed by atoms with van der Waals surface area (Å²) < 4.78 is 11.7. The zero-order valence-corrected chi connectivity index (χ0v) is 13.8. The Morgan fingerprint density at radius 3 is 2.41 bits per heavy atom. The van der Waals surface area contributed by atoms with E-state index < -0.39 is 5.97 Å². The van der Waals surface area contributed by atoms with E-state index in [1.165, 1.54) is 0 Å². The Labute approximate surface area is 137 Å². The number of hydrogen-bond acceptors (Lipinski definition) is 4. The van der Waals surface area contributed by atoms with E-state index in [1.807, 2.05) is 13.8 Å². The lowest BCUT2D eigenvalue weighted by molar-refractivity contribution is 0.0728. The highest BCUT2D eigenvalue weighted by Crippen LogP contribution is 2.26. The van der Waals surface area contributed by atoms with Gasteiger partial charge in [-0.3, -0.25) is 4.79 Å². The van der Waals surface area contributed by atoms with E-state index in [0.29, 0.717) is 22.6 Å². The maximum atomic E-state index is 12.3. The topological polar surface area (TPSA) is 52.6 Å². The summed E-state index contributed by atoms with van der Waals surface area (Å²) in [4.78, 5) is 22.9. The number of carbonyl (C=O) groups is 2. The lowest BCUT2D eigenvalue weighted by atomic mass is 10.2. The molecule has 0 amide bonds. The van der Waals surface area contributed by atoms with Crippen molar-refractivity contribution in [1.29, 1.82) is 0 Å². The first-order chi connectivity index (χ1) is 10.5. The largest absolute Gasteiger partial charge is 0.490 e. The minimum absolute atomic E-state index is 0.0559. The molecule has 2 aromatic carbocycles. The first-order valence-corrected chi connectivity index (χ1v) is 7.52. The third-order valence-corrected chi connectivity index (χ3v) is 3.24. The zero-order valence-electron chi connectivity index (χ0n) is 12.2. The molecular weight excluding hydrogens is 348 g/mol. The van der Waals surface area contributed by atoms with E-state index in [2.05, 4.69) is 15.9 Å². The van der Waals surface area contributed by atoms with Crippen molar-refractivity contribution in [3.05, 3.63) is 58.1 Å². The monoisotopic (exact) mass is 362 g/mol. The zero-order chi connectivity index (χ0) is 16.1. The van der Waals surface area contributed by atoms with Gasteiger partial charge in [0.25, 0.3) is 0 Å². The summed E-state index contributed by atoms with van der Waals surface area (Å²) in [7, 11) is 0. The SMILES string of the molecule is CC(C)Oc1ccc(Br)cc1C(=O)Oc1ccc(C=O)cc1. The van der Waals surface area contributed by atoms with Crippen LogP contribution in [0.2, 0.25) is 0 Å². The average molecular weight is 363 g/mol. The van der Waals surface area contributed by atoms with E-state index >= 15 is 0 Å². The molecule has 0 saturated heterocycles. The Balaban J connectivity index is 2.23. The second-order valence-electron chi connectivity index (χ2n) is 4.88. The number of hydrogen-bond donors (Lipinski definition) is 0. The Hall–Kier alpha value is -2.14. The summed E-state index contributed by atoms with van der Waals surface area (Å²) in [6.07, 6.45) is 0.675. The van der Waals surface area contributed by atoms with Crippen molar-refractivity contribution in [3.8, 4) is 11.5 Å². The number of esters is 1. The Morgan fingerprint density at radius 2 is 1.82 bits per heavy atom. The Kier molecular flexibility index (Phi) is 5.33. The number of benzene rings is 2. The van der Waals surface area contributed by atoms with Crippen LogP contribution in [0, 0.1) is 0 Å². The van der Waals surface area contributed by atoms with Crippen LogP contribution in [0.4, 0.5) is 0 Å². The van der Waals surface area contributed by atoms with Gasteiger partial charge in [-0.2, -0.15) is 0 Å². The molecule has 4 nitrogen and oxygen atoms in total. The molecule has 0 aliphatic carbocycles. The molecular formula is C17H15BrO4. The Morgan fingerprint density at radius 1 is 1.14 bits per heavy atom. The van der Waals surface area contributed by atoms with Crippen LogP contribution in [0.5, 0.6) is 11.5 Å². The van der Waals surface area contributed by atoms with Gasteiger partial charge in [0.05, 0.1) is 6.10 Å². The third-order valence-electron chi connectivity index (χ3n) is 2.75. The minimum Gasteiger partial charge on any atom is -0.490 e. The number of carbonyl (C=O) groups excluding carboxylic acids is 2. The molecule has 2 rings (SSSR count). The normalized spacial score (nSPS) is 10.4. The van der Waals surface area contributed by atoms with E-state index in [-0.39, 0.29) is 6.10 Å². The molecule has 0 saturated carbocycles. The third kappa shape index (κ3) is 4.18. The molecule has 0 N–H and O–H groups in total. The molecule has 0 spiro atoms. The van der Waals surface area contributed by atoms with E-state index in [0.717, 1.165) is 10.8 Å². The highest BCUT2D eigenvalue weighted by molar-refractivity contribution is 9.10. The molecule has 5 heteroatoms. The second kappa shape index (κ2) is 7.22. The average Bonchev–Trinajstić information content (AvgIpc) is 2.49. The predicted molar refractivity (Wildman–Crippen MR) is 86.7 cm³/mol. The molecule has 0 unspecified atom stereocenters. The van der Waals surface area contributed by atoms with Crippen molar-refractivity contribution in [1.82, 2.24) is 0 Å². The first kappa shape index (κ1) is 16.2. The number of halogens is 1. The predicted octanol–water partition coefficient (Wildman–Crippen LogP) is 4.27. The summed E-state index contributed by atoms with van der Waals surface area (Å²) in [5.74, 6) is 0.314. The van der Waals surface area contributed by atoms with Gasteiger partial charge >= 0.3 is 5.97 Å². The number of aldehydes is 1. The fourth-order valence-corrected chi connectivity index (χ4v) is 2.16. The fourth-order valence-electron chi connectivity index (χ4n) is 1.79. The lowest BCUT2D eigenvalue weighted by Crippen LogP contribution is -2.14. The minimum atomic E-state index is -0.518. The molecule has 22 heavy (non-hydrogen) atoms. The van der Waals surface area contributed by atoms with Crippen molar-refractivity contribution in [2.75, 3.05) is 0 Å². The van der Waals surface area contributed by atoms with Gasteiger partial charge in [0.15, 0.2) is 0 Å². The summed E-state index contributed by atoms with van der Waals surface area (Å²) in [6.45, 7) is 3.77. The molecule has 0 heterocycles. The quantitative estimate of drug-likeness (QED) is 0.452. The van der Waals surface area contributed by atoms with Crippen molar-refractivity contribution >= 4 is 28.2 Å². The number of rotatable bonds is 5. The van der Waals surface area contributed by atoms with Gasteiger partial charge in [-0.15, -0.1) is 0 Å². The van der Waals surface area contributed by atoms with Gasteiger partial charge in [0.1, 0.15) is 23.3 Å². The Bertz CT molecular complexity index is 678. The second-order valence-corrected chi connectivity index (χ2v) is 5.80. The van der Waals surface area contributed by atoms with Crippen LogP contribution in [0.3, 0.4) is 0 Å². The molecule has 0 bridgehead atoms. The van der Waals surface area contributed by atoms with E-state index in [1.54, 1.807) is 42.5 Å². The van der Waals surface area contributed by atoms with Crippen LogP contribution >= 0.6 is 15.9 Å². The van der Waals surface area contributed by atoms with Gasteiger partial charge in [-0.05, 0) is 56.3 Å². The van der Waals surface area contributed by atoms with Crippen LogP contribution in [-0.2, 0) is 0 Å². The van der Waals surface area contributed by atoms with Crippen molar-refractivity contribution in [2.24, 2.45) is 0 Å². The van der Waals surface area contributed by atoms with Crippen LogP contribution in [-0.4, -0.2) is 18.4 Å². The van der Waals surface area contributed by atoms with Crippen LogP contribution in [0.25, 0.3) is 0 Å². The highest BCUT2D eigenvalue weighted by Gasteiger charge is 2.16. The van der Waals surface area contributed by atoms with Gasteiger partial charge in [-0.25, -0.2) is 4.79 Å². The van der Waals surface area contributed by atoms with Gasteiger partial charge in [-0.1, -0.05) is 15.9 Å². The van der Waals surface area contributed by atoms with Crippen LogP contribution < -0.4 is 9.47 Å². The molecule has 2 aromatic rings. The summed E-state index contributed by atoms with van der Waals surface area (Å²) in [6, 6.07) is 11.5. The molecule has 0 aromatic heterocycles. The van der Waals surface area contributed by atoms with Crippen molar-refractivity contribution < 1.29 is 19.1 Å². The standard InChI is InChI=1S/C17H15BrO4/c1-11(2)21-16-8-5-13(18)9-15(16)17(20)22-14-6-3-12(10-19)4-7-14/h3-11H,1-2H3. The summed E-state index contributed by atoms with van der Waals surface area (Å²) in [5.41, 5.74) is 0.855. The van der Waals surface area contributed by atoms with E-state index in [4.69, 9.17) is 9.47 Å². The molecule has 114 valence electrons.